The minimum Gasteiger partial charge on any atom is -0.378 e. The zero-order valence-corrected chi connectivity index (χ0v) is 17.8. The van der Waals surface area contributed by atoms with Crippen LogP contribution in [0.1, 0.15) is 20.8 Å². The van der Waals surface area contributed by atoms with E-state index in [9.17, 15) is 4.79 Å². The number of carbonyl (C=O) groups is 1. The second-order valence-electron chi connectivity index (χ2n) is 6.98. The predicted molar refractivity (Wildman–Crippen MR) is 111 cm³/mol. The number of hydrogen-bond acceptors (Lipinski definition) is 7. The maximum absolute atomic E-state index is 12.6. The lowest BCUT2D eigenvalue weighted by molar-refractivity contribution is -0.115. The summed E-state index contributed by atoms with van der Waals surface area (Å²) >= 11 is 7.42. The maximum atomic E-state index is 12.6. The number of carbonyl (C=O) groups excluding carboxylic acids is 1. The number of rotatable bonds is 7. The Hall–Kier alpha value is -1.84. The summed E-state index contributed by atoms with van der Waals surface area (Å²) in [5, 5.41) is 12.2. The average molecular weight is 425 g/mol. The van der Waals surface area contributed by atoms with Gasteiger partial charge < -0.3 is 15.0 Å². The van der Waals surface area contributed by atoms with E-state index in [1.807, 2.05) is 6.92 Å². The molecule has 3 heterocycles. The first kappa shape index (κ1) is 20.9. The lowest BCUT2D eigenvalue weighted by atomic mass is 10.2. The molecular weight excluding hydrogens is 400 g/mol. The van der Waals surface area contributed by atoms with Crippen LogP contribution in [-0.4, -0.2) is 57.2 Å². The molecule has 0 aromatic carbocycles. The molecule has 1 atom stereocenters. The summed E-state index contributed by atoms with van der Waals surface area (Å²) < 4.78 is 7.54. The molecule has 2 aromatic rings. The molecule has 28 heavy (non-hydrogen) atoms. The van der Waals surface area contributed by atoms with Crippen molar-refractivity contribution in [3.05, 3.63) is 23.5 Å². The van der Waals surface area contributed by atoms with Gasteiger partial charge in [0.25, 0.3) is 0 Å². The molecule has 0 unspecified atom stereocenters. The van der Waals surface area contributed by atoms with E-state index < -0.39 is 0 Å². The van der Waals surface area contributed by atoms with Crippen LogP contribution in [-0.2, 0) is 16.1 Å². The molecule has 0 saturated carbocycles. The van der Waals surface area contributed by atoms with Crippen molar-refractivity contribution in [3.8, 4) is 0 Å². The smallest absolute Gasteiger partial charge is 0.237 e. The van der Waals surface area contributed by atoms with E-state index in [2.05, 4.69) is 43.8 Å². The summed E-state index contributed by atoms with van der Waals surface area (Å²) in [7, 11) is 0. The summed E-state index contributed by atoms with van der Waals surface area (Å²) in [6.07, 6.45) is 1.58. The Bertz CT molecular complexity index is 809. The van der Waals surface area contributed by atoms with Crippen LogP contribution in [0.2, 0.25) is 5.15 Å². The molecule has 1 aliphatic rings. The molecule has 1 amide bonds. The van der Waals surface area contributed by atoms with E-state index in [4.69, 9.17) is 16.3 Å². The van der Waals surface area contributed by atoms with Gasteiger partial charge in [0, 0.05) is 25.8 Å². The number of nitrogens with one attached hydrogen (secondary N) is 1. The van der Waals surface area contributed by atoms with Crippen molar-refractivity contribution in [3.63, 3.8) is 0 Å². The van der Waals surface area contributed by atoms with Crippen LogP contribution in [0.5, 0.6) is 0 Å². The van der Waals surface area contributed by atoms with Crippen molar-refractivity contribution in [2.45, 2.75) is 37.7 Å². The molecule has 0 aliphatic carbocycles. The van der Waals surface area contributed by atoms with Gasteiger partial charge in [-0.1, -0.05) is 37.2 Å². The largest absolute Gasteiger partial charge is 0.378 e. The third-order valence-electron chi connectivity index (χ3n) is 4.21. The standard InChI is InChI=1S/C18H25ClN6O2S/c1-12(2)11-25-17(24-7-9-27-10-8-24)22-23-18(25)28-13(3)16(26)21-14-5-4-6-20-15(14)19/h4-6,12-13H,7-11H2,1-3H3,(H,21,26)/t13-/m1/s1. The van der Waals surface area contributed by atoms with Gasteiger partial charge >= 0.3 is 0 Å². The van der Waals surface area contributed by atoms with Crippen LogP contribution in [0, 0.1) is 5.92 Å². The SMILES string of the molecule is CC(C)Cn1c(S[C@H](C)C(=O)Nc2cccnc2Cl)nnc1N1CCOCC1. The molecule has 1 N–H and O–H groups in total. The number of ether oxygens (including phenoxy) is 1. The summed E-state index contributed by atoms with van der Waals surface area (Å²) in [5.41, 5.74) is 0.499. The van der Waals surface area contributed by atoms with Crippen LogP contribution in [0.4, 0.5) is 11.6 Å². The number of pyridine rings is 1. The molecule has 10 heteroatoms. The number of thioether (sulfide) groups is 1. The highest BCUT2D eigenvalue weighted by molar-refractivity contribution is 8.00. The van der Waals surface area contributed by atoms with Crippen molar-refractivity contribution in [1.82, 2.24) is 19.7 Å². The molecule has 8 nitrogen and oxygen atoms in total. The zero-order chi connectivity index (χ0) is 20.1. The number of aromatic nitrogens is 4. The normalized spacial score (nSPS) is 15.7. The molecule has 0 bridgehead atoms. The van der Waals surface area contributed by atoms with Gasteiger partial charge in [0.05, 0.1) is 24.2 Å². The minimum absolute atomic E-state index is 0.160. The highest BCUT2D eigenvalue weighted by Gasteiger charge is 2.24. The van der Waals surface area contributed by atoms with E-state index in [1.165, 1.54) is 11.8 Å². The number of anilines is 2. The number of halogens is 1. The molecule has 0 radical (unpaired) electrons. The fourth-order valence-corrected chi connectivity index (χ4v) is 3.84. The van der Waals surface area contributed by atoms with Gasteiger partial charge in [-0.3, -0.25) is 9.36 Å². The van der Waals surface area contributed by atoms with Gasteiger partial charge in [0.1, 0.15) is 0 Å². The van der Waals surface area contributed by atoms with Crippen LogP contribution < -0.4 is 10.2 Å². The Labute approximate surface area is 174 Å². The van der Waals surface area contributed by atoms with Gasteiger partial charge in [0.15, 0.2) is 10.3 Å². The number of amides is 1. The summed E-state index contributed by atoms with van der Waals surface area (Å²) in [5.74, 6) is 1.10. The first-order chi connectivity index (χ1) is 13.5. The third kappa shape index (κ3) is 5.15. The fraction of sp³-hybridized carbons (Fsp3) is 0.556. The van der Waals surface area contributed by atoms with Crippen molar-refractivity contribution in [2.24, 2.45) is 5.92 Å². The monoisotopic (exact) mass is 424 g/mol. The van der Waals surface area contributed by atoms with Crippen molar-refractivity contribution in [2.75, 3.05) is 36.5 Å². The summed E-state index contributed by atoms with van der Waals surface area (Å²) in [6, 6.07) is 3.45. The maximum Gasteiger partial charge on any atom is 0.237 e. The number of hydrogen-bond donors (Lipinski definition) is 1. The average Bonchev–Trinajstić information content (AvgIpc) is 3.06. The van der Waals surface area contributed by atoms with Gasteiger partial charge in [0.2, 0.25) is 11.9 Å². The van der Waals surface area contributed by atoms with Gasteiger partial charge in [-0.05, 0) is 25.0 Å². The highest BCUT2D eigenvalue weighted by atomic mass is 35.5. The van der Waals surface area contributed by atoms with E-state index in [1.54, 1.807) is 18.3 Å². The molecule has 0 spiro atoms. The van der Waals surface area contributed by atoms with Crippen molar-refractivity contribution >= 4 is 40.9 Å². The van der Waals surface area contributed by atoms with Gasteiger partial charge in [-0.2, -0.15) is 0 Å². The zero-order valence-electron chi connectivity index (χ0n) is 16.3. The van der Waals surface area contributed by atoms with E-state index in [-0.39, 0.29) is 16.3 Å². The van der Waals surface area contributed by atoms with Gasteiger partial charge in [-0.25, -0.2) is 4.98 Å². The highest BCUT2D eigenvalue weighted by Crippen LogP contribution is 2.28. The number of morpholine rings is 1. The molecule has 152 valence electrons. The Morgan fingerprint density at radius 2 is 2.07 bits per heavy atom. The first-order valence-electron chi connectivity index (χ1n) is 9.29. The van der Waals surface area contributed by atoms with Crippen LogP contribution in [0.3, 0.4) is 0 Å². The molecule has 1 aliphatic heterocycles. The molecule has 2 aromatic heterocycles. The molecule has 1 saturated heterocycles. The Morgan fingerprint density at radius 1 is 1.32 bits per heavy atom. The van der Waals surface area contributed by atoms with E-state index in [0.29, 0.717) is 24.8 Å². The second kappa shape index (κ2) is 9.58. The molecule has 1 fully saturated rings. The van der Waals surface area contributed by atoms with E-state index in [0.717, 1.165) is 30.7 Å². The summed E-state index contributed by atoms with van der Waals surface area (Å²) in [6.45, 7) is 9.87. The van der Waals surface area contributed by atoms with Crippen LogP contribution in [0.15, 0.2) is 23.5 Å². The van der Waals surface area contributed by atoms with Crippen LogP contribution in [0.25, 0.3) is 0 Å². The van der Waals surface area contributed by atoms with Crippen molar-refractivity contribution < 1.29 is 9.53 Å². The summed E-state index contributed by atoms with van der Waals surface area (Å²) in [4.78, 5) is 18.8. The van der Waals surface area contributed by atoms with E-state index >= 15 is 0 Å². The van der Waals surface area contributed by atoms with Gasteiger partial charge in [-0.15, -0.1) is 10.2 Å². The quantitative estimate of drug-likeness (QED) is 0.540. The topological polar surface area (TPSA) is 85.2 Å². The molecule has 3 rings (SSSR count). The fourth-order valence-electron chi connectivity index (χ4n) is 2.82. The lowest BCUT2D eigenvalue weighted by Gasteiger charge is -2.28. The lowest BCUT2D eigenvalue weighted by Crippen LogP contribution is -2.38. The predicted octanol–water partition coefficient (Wildman–Crippen LogP) is 2.94. The molecular formula is C18H25ClN6O2S. The second-order valence-corrected chi connectivity index (χ2v) is 8.64. The Kier molecular flexibility index (Phi) is 7.14. The first-order valence-corrected chi connectivity index (χ1v) is 10.6. The van der Waals surface area contributed by atoms with Crippen molar-refractivity contribution in [1.29, 1.82) is 0 Å². The number of nitrogens with zero attached hydrogens (tertiary/aromatic N) is 5. The third-order valence-corrected chi connectivity index (χ3v) is 5.59. The minimum atomic E-state index is -0.371. The van der Waals surface area contributed by atoms with Crippen LogP contribution >= 0.6 is 23.4 Å². The Balaban J connectivity index is 1.74. The Morgan fingerprint density at radius 3 is 2.75 bits per heavy atom.